The van der Waals surface area contributed by atoms with Gasteiger partial charge in [0.25, 0.3) is 0 Å². The average Bonchev–Trinajstić information content (AvgIpc) is 2.79. The van der Waals surface area contributed by atoms with Gasteiger partial charge in [-0.05, 0) is 73.0 Å². The molecule has 32 heavy (non-hydrogen) atoms. The minimum atomic E-state index is -0.333. The van der Waals surface area contributed by atoms with Crippen LogP contribution < -0.4 is 20.1 Å². The zero-order valence-corrected chi connectivity index (χ0v) is 18.3. The van der Waals surface area contributed by atoms with Crippen molar-refractivity contribution in [1.29, 1.82) is 0 Å². The van der Waals surface area contributed by atoms with Gasteiger partial charge in [-0.2, -0.15) is 0 Å². The first-order valence-electron chi connectivity index (χ1n) is 10.3. The summed E-state index contributed by atoms with van der Waals surface area (Å²) < 4.78 is 11.0. The maximum Gasteiger partial charge on any atom is 0.323 e. The van der Waals surface area contributed by atoms with Gasteiger partial charge in [-0.3, -0.25) is 4.79 Å². The number of allylic oxidation sites excluding steroid dienone is 1. The van der Waals surface area contributed by atoms with E-state index in [2.05, 4.69) is 10.6 Å². The molecule has 0 fully saturated rings. The highest BCUT2D eigenvalue weighted by atomic mass is 16.5. The van der Waals surface area contributed by atoms with Gasteiger partial charge in [-0.1, -0.05) is 36.4 Å². The number of rotatable bonds is 8. The minimum Gasteiger partial charge on any atom is -0.493 e. The summed E-state index contributed by atoms with van der Waals surface area (Å²) in [5.74, 6) is 1.16. The molecule has 3 rings (SSSR count). The van der Waals surface area contributed by atoms with E-state index in [9.17, 15) is 9.59 Å². The highest BCUT2D eigenvalue weighted by Gasteiger charge is 2.12. The first kappa shape index (κ1) is 22.6. The third kappa shape index (κ3) is 5.98. The van der Waals surface area contributed by atoms with Gasteiger partial charge in [0.2, 0.25) is 0 Å². The molecule has 0 aliphatic rings. The van der Waals surface area contributed by atoms with Crippen LogP contribution in [0.3, 0.4) is 0 Å². The predicted octanol–water partition coefficient (Wildman–Crippen LogP) is 5.76. The summed E-state index contributed by atoms with van der Waals surface area (Å²) in [6.07, 6.45) is 1.59. The van der Waals surface area contributed by atoms with Crippen molar-refractivity contribution in [3.63, 3.8) is 0 Å². The molecule has 0 heterocycles. The molecule has 0 atom stereocenters. The first-order valence-corrected chi connectivity index (χ1v) is 10.3. The SMILES string of the molecule is CCOc1cc(/C(=C\C(C)=O)c2ccc(NC(=O)Nc3ccccc3)cc2)ccc1OC. The number of methoxy groups -OCH3 is 1. The number of nitrogens with one attached hydrogen (secondary N) is 2. The van der Waals surface area contributed by atoms with Crippen molar-refractivity contribution in [3.05, 3.63) is 90.0 Å². The van der Waals surface area contributed by atoms with Crippen molar-refractivity contribution in [2.24, 2.45) is 0 Å². The number of urea groups is 1. The first-order chi connectivity index (χ1) is 15.5. The molecule has 3 aromatic carbocycles. The van der Waals surface area contributed by atoms with Gasteiger partial charge in [-0.15, -0.1) is 0 Å². The van der Waals surface area contributed by atoms with Crippen molar-refractivity contribution >= 4 is 28.8 Å². The lowest BCUT2D eigenvalue weighted by Crippen LogP contribution is -2.19. The van der Waals surface area contributed by atoms with Crippen LogP contribution in [0.1, 0.15) is 25.0 Å². The molecule has 164 valence electrons. The molecule has 0 saturated heterocycles. The second-order valence-electron chi connectivity index (χ2n) is 6.99. The number of carbonyl (C=O) groups is 2. The number of hydrogen-bond acceptors (Lipinski definition) is 4. The lowest BCUT2D eigenvalue weighted by Gasteiger charge is -2.14. The lowest BCUT2D eigenvalue weighted by atomic mass is 9.96. The Balaban J connectivity index is 1.83. The largest absolute Gasteiger partial charge is 0.493 e. The van der Waals surface area contributed by atoms with Crippen molar-refractivity contribution in [2.45, 2.75) is 13.8 Å². The van der Waals surface area contributed by atoms with Crippen molar-refractivity contribution in [1.82, 2.24) is 0 Å². The van der Waals surface area contributed by atoms with Crippen LogP contribution >= 0.6 is 0 Å². The van der Waals surface area contributed by atoms with Gasteiger partial charge in [0.05, 0.1) is 13.7 Å². The van der Waals surface area contributed by atoms with Crippen LogP contribution in [0.4, 0.5) is 16.2 Å². The second-order valence-corrected chi connectivity index (χ2v) is 6.99. The molecule has 0 spiro atoms. The van der Waals surface area contributed by atoms with Gasteiger partial charge in [0.15, 0.2) is 17.3 Å². The average molecular weight is 431 g/mol. The highest BCUT2D eigenvalue weighted by Crippen LogP contribution is 2.33. The summed E-state index contributed by atoms with van der Waals surface area (Å²) in [7, 11) is 1.59. The van der Waals surface area contributed by atoms with Gasteiger partial charge in [0, 0.05) is 11.4 Å². The Morgan fingerprint density at radius 2 is 1.47 bits per heavy atom. The fourth-order valence-corrected chi connectivity index (χ4v) is 3.20. The summed E-state index contributed by atoms with van der Waals surface area (Å²) in [4.78, 5) is 24.1. The van der Waals surface area contributed by atoms with Crippen LogP contribution in [0.5, 0.6) is 11.5 Å². The van der Waals surface area contributed by atoms with Crippen molar-refractivity contribution in [3.8, 4) is 11.5 Å². The standard InChI is InChI=1S/C26H26N2O4/c1-4-32-25-17-20(12-15-24(25)31-3)23(16-18(2)29)19-10-13-22(14-11-19)28-26(30)27-21-8-6-5-7-9-21/h5-17H,4H2,1-3H3,(H2,27,28,30)/b23-16-. The molecule has 0 aliphatic heterocycles. The van der Waals surface area contributed by atoms with Crippen LogP contribution in [0.15, 0.2) is 78.9 Å². The van der Waals surface area contributed by atoms with Gasteiger partial charge >= 0.3 is 6.03 Å². The molecule has 0 bridgehead atoms. The number of para-hydroxylation sites is 1. The zero-order valence-electron chi connectivity index (χ0n) is 18.3. The topological polar surface area (TPSA) is 76.7 Å². The molecular formula is C26H26N2O4. The number of anilines is 2. The Labute approximate surface area is 187 Å². The van der Waals surface area contributed by atoms with E-state index >= 15 is 0 Å². The van der Waals surface area contributed by atoms with Gasteiger partial charge in [0.1, 0.15) is 0 Å². The fraction of sp³-hybridized carbons (Fsp3) is 0.154. The number of ketones is 1. The Bertz CT molecular complexity index is 1110. The highest BCUT2D eigenvalue weighted by molar-refractivity contribution is 6.01. The van der Waals surface area contributed by atoms with Crippen LogP contribution in [-0.2, 0) is 4.79 Å². The van der Waals surface area contributed by atoms with Crippen LogP contribution in [-0.4, -0.2) is 25.5 Å². The van der Waals surface area contributed by atoms with E-state index in [1.165, 1.54) is 6.92 Å². The fourth-order valence-electron chi connectivity index (χ4n) is 3.20. The van der Waals surface area contributed by atoms with E-state index in [1.54, 1.807) is 25.3 Å². The third-order valence-electron chi connectivity index (χ3n) is 4.61. The molecule has 0 aromatic heterocycles. The van der Waals surface area contributed by atoms with Crippen LogP contribution in [0, 0.1) is 0 Å². The second kappa shape index (κ2) is 10.8. The van der Waals surface area contributed by atoms with E-state index in [-0.39, 0.29) is 11.8 Å². The molecule has 3 aromatic rings. The number of hydrogen-bond donors (Lipinski definition) is 2. The van der Waals surface area contributed by atoms with E-state index in [4.69, 9.17) is 9.47 Å². The molecule has 2 N–H and O–H groups in total. The van der Waals surface area contributed by atoms with Gasteiger partial charge < -0.3 is 20.1 Å². The van der Waals surface area contributed by atoms with Crippen molar-refractivity contribution in [2.75, 3.05) is 24.4 Å². The maximum atomic E-state index is 12.2. The molecule has 6 nitrogen and oxygen atoms in total. The summed E-state index contributed by atoms with van der Waals surface area (Å²) >= 11 is 0. The smallest absolute Gasteiger partial charge is 0.323 e. The third-order valence-corrected chi connectivity index (χ3v) is 4.61. The molecule has 0 radical (unpaired) electrons. The van der Waals surface area contributed by atoms with Crippen LogP contribution in [0.25, 0.3) is 5.57 Å². The number of carbonyl (C=O) groups excluding carboxylic acids is 2. The Morgan fingerprint density at radius 1 is 0.844 bits per heavy atom. The molecule has 0 saturated carbocycles. The maximum absolute atomic E-state index is 12.2. The molecule has 6 heteroatoms. The number of amides is 2. The Morgan fingerprint density at radius 3 is 2.06 bits per heavy atom. The molecule has 0 unspecified atom stereocenters. The van der Waals surface area contributed by atoms with E-state index in [1.807, 2.05) is 67.6 Å². The summed E-state index contributed by atoms with van der Waals surface area (Å²) in [6, 6.07) is 21.7. The molecule has 0 aliphatic carbocycles. The monoisotopic (exact) mass is 430 g/mol. The van der Waals surface area contributed by atoms with E-state index < -0.39 is 0 Å². The quantitative estimate of drug-likeness (QED) is 0.446. The number of benzene rings is 3. The Hall–Kier alpha value is -4.06. The Kier molecular flexibility index (Phi) is 7.65. The normalized spacial score (nSPS) is 10.9. The summed E-state index contributed by atoms with van der Waals surface area (Å²) in [6.45, 7) is 3.91. The van der Waals surface area contributed by atoms with Crippen LogP contribution in [0.2, 0.25) is 0 Å². The van der Waals surface area contributed by atoms with Gasteiger partial charge in [-0.25, -0.2) is 4.79 Å². The van der Waals surface area contributed by atoms with E-state index in [0.717, 1.165) is 16.7 Å². The predicted molar refractivity (Wildman–Crippen MR) is 127 cm³/mol. The summed E-state index contributed by atoms with van der Waals surface area (Å²) in [5.41, 5.74) is 3.75. The molecular weight excluding hydrogens is 404 g/mol. The molecule has 2 amide bonds. The minimum absolute atomic E-state index is 0.0711. The number of ether oxygens (including phenoxy) is 2. The summed E-state index contributed by atoms with van der Waals surface area (Å²) in [5, 5.41) is 5.58. The lowest BCUT2D eigenvalue weighted by molar-refractivity contribution is -0.112. The van der Waals surface area contributed by atoms with E-state index in [0.29, 0.717) is 29.5 Å². The zero-order chi connectivity index (χ0) is 22.9. The van der Waals surface area contributed by atoms with Crippen molar-refractivity contribution < 1.29 is 19.1 Å².